The molecule has 2 N–H and O–H groups in total. The molecule has 1 unspecified atom stereocenters. The van der Waals surface area contributed by atoms with Gasteiger partial charge in [0.15, 0.2) is 0 Å². The molecule has 1 amide bonds. The predicted octanol–water partition coefficient (Wildman–Crippen LogP) is 2.43. The third-order valence-electron chi connectivity index (χ3n) is 3.86. The fraction of sp³-hybridized carbons (Fsp3) is 0.588. The third kappa shape index (κ3) is 4.21. The van der Waals surface area contributed by atoms with Crippen molar-refractivity contribution in [2.24, 2.45) is 5.92 Å². The summed E-state index contributed by atoms with van der Waals surface area (Å²) in [6, 6.07) is 6.78. The van der Waals surface area contributed by atoms with Crippen molar-refractivity contribution in [3.8, 4) is 5.75 Å². The van der Waals surface area contributed by atoms with E-state index >= 15 is 0 Å². The molecule has 0 aromatic heterocycles. The first-order chi connectivity index (χ1) is 10.1. The maximum absolute atomic E-state index is 11.5. The van der Waals surface area contributed by atoms with Crippen LogP contribution in [0.5, 0.6) is 5.75 Å². The second-order valence-corrected chi connectivity index (χ2v) is 5.83. The standard InChI is InChI=1S/C17H26N2O2/c1-4-15(18-8-9-19-17(20)12(2)3)13-5-6-16-14(11-13)7-10-21-16/h5-6,11-12,15,18H,4,7-10H2,1-3H3,(H,19,20). The quantitative estimate of drug-likeness (QED) is 0.758. The molecule has 1 aromatic carbocycles. The Bertz CT molecular complexity index is 486. The zero-order chi connectivity index (χ0) is 15.2. The third-order valence-corrected chi connectivity index (χ3v) is 3.86. The van der Waals surface area contributed by atoms with Gasteiger partial charge in [-0.05, 0) is 23.6 Å². The molecule has 0 aliphatic carbocycles. The number of ether oxygens (including phenoxy) is 1. The van der Waals surface area contributed by atoms with E-state index in [0.717, 1.165) is 31.7 Å². The van der Waals surface area contributed by atoms with Crippen molar-refractivity contribution in [2.75, 3.05) is 19.7 Å². The molecular weight excluding hydrogens is 264 g/mol. The highest BCUT2D eigenvalue weighted by Crippen LogP contribution is 2.28. The molecule has 1 atom stereocenters. The zero-order valence-electron chi connectivity index (χ0n) is 13.2. The van der Waals surface area contributed by atoms with Gasteiger partial charge in [-0.1, -0.05) is 32.9 Å². The molecule has 1 aliphatic rings. The number of benzene rings is 1. The number of hydrogen-bond acceptors (Lipinski definition) is 3. The van der Waals surface area contributed by atoms with Gasteiger partial charge < -0.3 is 15.4 Å². The first-order valence-corrected chi connectivity index (χ1v) is 7.88. The first kappa shape index (κ1) is 15.8. The molecule has 4 nitrogen and oxygen atoms in total. The van der Waals surface area contributed by atoms with Gasteiger partial charge in [-0.2, -0.15) is 0 Å². The van der Waals surface area contributed by atoms with Gasteiger partial charge in [0.25, 0.3) is 0 Å². The Morgan fingerprint density at radius 3 is 2.86 bits per heavy atom. The number of carbonyl (C=O) groups excluding carboxylic acids is 1. The van der Waals surface area contributed by atoms with Gasteiger partial charge in [0, 0.05) is 31.5 Å². The van der Waals surface area contributed by atoms with Crippen LogP contribution in [0.15, 0.2) is 18.2 Å². The van der Waals surface area contributed by atoms with E-state index in [1.54, 1.807) is 0 Å². The number of hydrogen-bond donors (Lipinski definition) is 2. The highest BCUT2D eigenvalue weighted by atomic mass is 16.5. The van der Waals surface area contributed by atoms with E-state index in [9.17, 15) is 4.79 Å². The van der Waals surface area contributed by atoms with Gasteiger partial charge in [-0.15, -0.1) is 0 Å². The predicted molar refractivity (Wildman–Crippen MR) is 84.5 cm³/mol. The van der Waals surface area contributed by atoms with Crippen molar-refractivity contribution in [3.63, 3.8) is 0 Å². The van der Waals surface area contributed by atoms with Crippen molar-refractivity contribution in [3.05, 3.63) is 29.3 Å². The average Bonchev–Trinajstić information content (AvgIpc) is 2.94. The van der Waals surface area contributed by atoms with Crippen LogP contribution in [0.2, 0.25) is 0 Å². The molecular formula is C17H26N2O2. The van der Waals surface area contributed by atoms with Crippen molar-refractivity contribution >= 4 is 5.91 Å². The Morgan fingerprint density at radius 2 is 2.14 bits per heavy atom. The van der Waals surface area contributed by atoms with Gasteiger partial charge in [0.05, 0.1) is 6.61 Å². The Morgan fingerprint density at radius 1 is 1.33 bits per heavy atom. The van der Waals surface area contributed by atoms with Crippen molar-refractivity contribution in [2.45, 2.75) is 39.7 Å². The van der Waals surface area contributed by atoms with Crippen LogP contribution in [0, 0.1) is 5.92 Å². The number of fused-ring (bicyclic) bond motifs is 1. The van der Waals surface area contributed by atoms with Crippen LogP contribution in [-0.2, 0) is 11.2 Å². The molecule has 0 saturated heterocycles. The van der Waals surface area contributed by atoms with E-state index in [0.29, 0.717) is 12.6 Å². The number of nitrogens with one attached hydrogen (secondary N) is 2. The van der Waals surface area contributed by atoms with Crippen LogP contribution in [0.1, 0.15) is 44.4 Å². The molecule has 116 valence electrons. The molecule has 1 heterocycles. The number of amides is 1. The SMILES string of the molecule is CCC(NCCNC(=O)C(C)C)c1ccc2c(c1)CCO2. The lowest BCUT2D eigenvalue weighted by molar-refractivity contribution is -0.123. The minimum Gasteiger partial charge on any atom is -0.493 e. The molecule has 1 aromatic rings. The molecule has 1 aliphatic heterocycles. The maximum Gasteiger partial charge on any atom is 0.222 e. The Hall–Kier alpha value is -1.55. The second kappa shape index (κ2) is 7.46. The summed E-state index contributed by atoms with van der Waals surface area (Å²) in [6.45, 7) is 8.24. The van der Waals surface area contributed by atoms with Gasteiger partial charge in [0.2, 0.25) is 5.91 Å². The van der Waals surface area contributed by atoms with Crippen LogP contribution in [0.3, 0.4) is 0 Å². The Balaban J connectivity index is 1.84. The molecule has 0 bridgehead atoms. The molecule has 0 spiro atoms. The molecule has 0 saturated carbocycles. The van der Waals surface area contributed by atoms with Crippen LogP contribution in [0.4, 0.5) is 0 Å². The van der Waals surface area contributed by atoms with Gasteiger partial charge in [0.1, 0.15) is 5.75 Å². The largest absolute Gasteiger partial charge is 0.493 e. The van der Waals surface area contributed by atoms with E-state index < -0.39 is 0 Å². The number of rotatable bonds is 7. The van der Waals surface area contributed by atoms with Crippen molar-refractivity contribution in [1.82, 2.24) is 10.6 Å². The van der Waals surface area contributed by atoms with Crippen LogP contribution in [-0.4, -0.2) is 25.6 Å². The number of carbonyl (C=O) groups is 1. The first-order valence-electron chi connectivity index (χ1n) is 7.88. The molecule has 0 radical (unpaired) electrons. The topological polar surface area (TPSA) is 50.4 Å². The summed E-state index contributed by atoms with van der Waals surface area (Å²) >= 11 is 0. The maximum atomic E-state index is 11.5. The summed E-state index contributed by atoms with van der Waals surface area (Å²) in [6.07, 6.45) is 2.03. The fourth-order valence-corrected chi connectivity index (χ4v) is 2.56. The molecule has 0 fully saturated rings. The average molecular weight is 290 g/mol. The molecule has 4 heteroatoms. The lowest BCUT2D eigenvalue weighted by atomic mass is 10.0. The van der Waals surface area contributed by atoms with E-state index in [2.05, 4.69) is 35.8 Å². The van der Waals surface area contributed by atoms with Crippen molar-refractivity contribution in [1.29, 1.82) is 0 Å². The van der Waals surface area contributed by atoms with Crippen LogP contribution < -0.4 is 15.4 Å². The van der Waals surface area contributed by atoms with E-state index in [-0.39, 0.29) is 11.8 Å². The van der Waals surface area contributed by atoms with Crippen LogP contribution >= 0.6 is 0 Å². The minimum absolute atomic E-state index is 0.0451. The molecule has 21 heavy (non-hydrogen) atoms. The van der Waals surface area contributed by atoms with Crippen molar-refractivity contribution < 1.29 is 9.53 Å². The molecule has 2 rings (SSSR count). The van der Waals surface area contributed by atoms with Gasteiger partial charge in [-0.25, -0.2) is 0 Å². The highest BCUT2D eigenvalue weighted by Gasteiger charge is 2.15. The second-order valence-electron chi connectivity index (χ2n) is 5.83. The summed E-state index contributed by atoms with van der Waals surface area (Å²) in [5.41, 5.74) is 2.61. The normalized spacial score (nSPS) is 14.7. The van der Waals surface area contributed by atoms with E-state index in [1.165, 1.54) is 11.1 Å². The monoisotopic (exact) mass is 290 g/mol. The summed E-state index contributed by atoms with van der Waals surface area (Å²) in [5.74, 6) is 1.18. The smallest absolute Gasteiger partial charge is 0.222 e. The highest BCUT2D eigenvalue weighted by molar-refractivity contribution is 5.77. The van der Waals surface area contributed by atoms with Gasteiger partial charge >= 0.3 is 0 Å². The Labute approximate surface area is 127 Å². The summed E-state index contributed by atoms with van der Waals surface area (Å²) in [7, 11) is 0. The van der Waals surface area contributed by atoms with E-state index in [4.69, 9.17) is 4.74 Å². The van der Waals surface area contributed by atoms with E-state index in [1.807, 2.05) is 13.8 Å². The van der Waals surface area contributed by atoms with Crippen LogP contribution in [0.25, 0.3) is 0 Å². The Kier molecular flexibility index (Phi) is 5.62. The zero-order valence-corrected chi connectivity index (χ0v) is 13.2. The summed E-state index contributed by atoms with van der Waals surface area (Å²) < 4.78 is 5.55. The lowest BCUT2D eigenvalue weighted by Crippen LogP contribution is -2.35. The lowest BCUT2D eigenvalue weighted by Gasteiger charge is -2.18. The van der Waals surface area contributed by atoms with Gasteiger partial charge in [-0.3, -0.25) is 4.79 Å². The summed E-state index contributed by atoms with van der Waals surface area (Å²) in [4.78, 5) is 11.5. The fourth-order valence-electron chi connectivity index (χ4n) is 2.56. The minimum atomic E-state index is 0.0451. The summed E-state index contributed by atoms with van der Waals surface area (Å²) in [5, 5.41) is 6.45.